The smallest absolute Gasteiger partial charge is 0.206 e. The lowest BCUT2D eigenvalue weighted by Gasteiger charge is -2.31. The van der Waals surface area contributed by atoms with Crippen LogP contribution in [0.5, 0.6) is 0 Å². The van der Waals surface area contributed by atoms with Crippen molar-refractivity contribution in [3.63, 3.8) is 0 Å². The van der Waals surface area contributed by atoms with Crippen LogP contribution in [0.15, 0.2) is 42.5 Å². The fraction of sp³-hybridized carbons (Fsp3) is 0.364. The molecule has 3 aromatic rings. The van der Waals surface area contributed by atoms with Crippen molar-refractivity contribution in [1.29, 1.82) is 5.26 Å². The molecule has 1 aliphatic carbocycles. The number of nitriles is 1. The molecule has 1 saturated carbocycles. The summed E-state index contributed by atoms with van der Waals surface area (Å²) in [5.74, 6) is 0.486. The molecule has 3 N–H and O–H groups in total. The van der Waals surface area contributed by atoms with Crippen LogP contribution in [0.25, 0.3) is 11.0 Å². The Kier molecular flexibility index (Phi) is 5.22. The summed E-state index contributed by atoms with van der Waals surface area (Å²) in [5, 5.41) is 34.6. The van der Waals surface area contributed by atoms with E-state index in [1.54, 1.807) is 19.1 Å². The van der Waals surface area contributed by atoms with Gasteiger partial charge in [0.15, 0.2) is 0 Å². The molecule has 6 nitrogen and oxygen atoms in total. The van der Waals surface area contributed by atoms with Crippen molar-refractivity contribution in [2.75, 3.05) is 5.32 Å². The van der Waals surface area contributed by atoms with Gasteiger partial charge in [-0.25, -0.2) is 4.98 Å². The second-order valence-corrected chi connectivity index (χ2v) is 8.20. The molecular formula is C22H23ClN4O2. The molecule has 2 aromatic carbocycles. The molecule has 1 aromatic heterocycles. The summed E-state index contributed by atoms with van der Waals surface area (Å²) in [7, 11) is 0. The van der Waals surface area contributed by atoms with E-state index in [9.17, 15) is 15.5 Å². The number of hydrogen-bond donors (Lipinski definition) is 3. The Morgan fingerprint density at radius 1 is 1.31 bits per heavy atom. The largest absolute Gasteiger partial charge is 0.385 e. The molecule has 29 heavy (non-hydrogen) atoms. The van der Waals surface area contributed by atoms with Gasteiger partial charge >= 0.3 is 0 Å². The van der Waals surface area contributed by atoms with Gasteiger partial charge < -0.3 is 20.1 Å². The first kappa shape index (κ1) is 19.7. The van der Waals surface area contributed by atoms with E-state index in [-0.39, 0.29) is 12.5 Å². The number of halogens is 1. The average molecular weight is 411 g/mol. The van der Waals surface area contributed by atoms with E-state index in [2.05, 4.69) is 16.4 Å². The third kappa shape index (κ3) is 3.69. The first-order chi connectivity index (χ1) is 13.9. The van der Waals surface area contributed by atoms with E-state index in [1.807, 2.05) is 34.9 Å². The summed E-state index contributed by atoms with van der Waals surface area (Å²) in [6.45, 7) is 1.68. The van der Waals surface area contributed by atoms with Gasteiger partial charge in [-0.15, -0.1) is 0 Å². The van der Waals surface area contributed by atoms with E-state index >= 15 is 0 Å². The van der Waals surface area contributed by atoms with Crippen molar-refractivity contribution < 1.29 is 10.2 Å². The maximum atomic E-state index is 10.8. The maximum Gasteiger partial charge on any atom is 0.206 e. The van der Waals surface area contributed by atoms with Crippen molar-refractivity contribution in [2.45, 2.75) is 50.5 Å². The van der Waals surface area contributed by atoms with Gasteiger partial charge in [0, 0.05) is 12.5 Å². The lowest BCUT2D eigenvalue weighted by Crippen LogP contribution is -2.33. The van der Waals surface area contributed by atoms with E-state index in [1.165, 1.54) is 0 Å². The number of rotatable bonds is 6. The highest BCUT2D eigenvalue weighted by Crippen LogP contribution is 2.39. The summed E-state index contributed by atoms with van der Waals surface area (Å²) in [4.78, 5) is 4.61. The van der Waals surface area contributed by atoms with Gasteiger partial charge in [0.2, 0.25) is 5.95 Å². The van der Waals surface area contributed by atoms with E-state index in [0.29, 0.717) is 27.6 Å². The number of anilines is 1. The summed E-state index contributed by atoms with van der Waals surface area (Å²) in [6, 6.07) is 15.1. The zero-order chi connectivity index (χ0) is 20.6. The van der Waals surface area contributed by atoms with Gasteiger partial charge in [-0.2, -0.15) is 5.26 Å². The fourth-order valence-electron chi connectivity index (χ4n) is 3.86. The molecular weight excluding hydrogens is 388 g/mol. The average Bonchev–Trinajstić information content (AvgIpc) is 2.98. The lowest BCUT2D eigenvalue weighted by atomic mass is 9.91. The Labute approximate surface area is 174 Å². The van der Waals surface area contributed by atoms with E-state index in [4.69, 9.17) is 11.6 Å². The summed E-state index contributed by atoms with van der Waals surface area (Å²) >= 11 is 6.24. The predicted molar refractivity (Wildman–Crippen MR) is 113 cm³/mol. The number of aliphatic hydroxyl groups excluding tert-OH is 1. The molecule has 0 radical (unpaired) electrons. The molecule has 7 heteroatoms. The molecule has 2 atom stereocenters. The van der Waals surface area contributed by atoms with Gasteiger partial charge in [0.05, 0.1) is 27.2 Å². The maximum absolute atomic E-state index is 10.8. The van der Waals surface area contributed by atoms with Crippen molar-refractivity contribution in [2.24, 2.45) is 0 Å². The van der Waals surface area contributed by atoms with Crippen LogP contribution in [-0.4, -0.2) is 26.0 Å². The number of nitrogens with zero attached hydrogens (tertiary/aromatic N) is 3. The van der Waals surface area contributed by atoms with E-state index < -0.39 is 11.8 Å². The van der Waals surface area contributed by atoms with Crippen molar-refractivity contribution in [3.05, 3.63) is 58.6 Å². The quantitative estimate of drug-likeness (QED) is 0.526. The zero-order valence-electron chi connectivity index (χ0n) is 16.1. The molecule has 0 bridgehead atoms. The number of fused-ring (bicyclic) bond motifs is 1. The topological polar surface area (TPSA) is 94.1 Å². The Balaban J connectivity index is 1.66. The number of aromatic nitrogens is 2. The molecule has 1 unspecified atom stereocenters. The fourth-order valence-corrected chi connectivity index (χ4v) is 4.06. The number of aliphatic hydroxyl groups is 2. The van der Waals surface area contributed by atoms with Crippen LogP contribution in [0.4, 0.5) is 5.95 Å². The van der Waals surface area contributed by atoms with Crippen LogP contribution < -0.4 is 5.32 Å². The minimum absolute atomic E-state index is 0.0801. The summed E-state index contributed by atoms with van der Waals surface area (Å²) in [6.07, 6.45) is 2.13. The van der Waals surface area contributed by atoms with Crippen LogP contribution in [0, 0.1) is 11.3 Å². The second-order valence-electron chi connectivity index (χ2n) is 7.80. The summed E-state index contributed by atoms with van der Waals surface area (Å²) < 4.78 is 1.98. The normalized spacial score (nSPS) is 17.3. The number of benzene rings is 2. The molecule has 0 spiro atoms. The Bertz CT molecular complexity index is 1070. The third-order valence-corrected chi connectivity index (χ3v) is 5.95. The Morgan fingerprint density at radius 3 is 2.66 bits per heavy atom. The van der Waals surface area contributed by atoms with Crippen LogP contribution in [0.2, 0.25) is 5.02 Å². The molecule has 150 valence electrons. The molecule has 0 amide bonds. The molecule has 1 aliphatic rings. The van der Waals surface area contributed by atoms with Gasteiger partial charge in [-0.05, 0) is 43.9 Å². The molecule has 1 heterocycles. The first-order valence-electron chi connectivity index (χ1n) is 9.74. The highest BCUT2D eigenvalue weighted by atomic mass is 35.5. The first-order valence-corrected chi connectivity index (χ1v) is 10.1. The van der Waals surface area contributed by atoms with Gasteiger partial charge in [-0.1, -0.05) is 41.9 Å². The monoisotopic (exact) mass is 410 g/mol. The SMILES string of the molecule is C[C@](O)(CC(O)Nc1nc2ccc(Cl)c(C#N)c2n1C1CCC1)c1ccccc1. The van der Waals surface area contributed by atoms with E-state index in [0.717, 1.165) is 24.8 Å². The van der Waals surface area contributed by atoms with Gasteiger partial charge in [-0.3, -0.25) is 0 Å². The standard InChI is InChI=1S/C22H23ClN4O2/c1-22(29,14-6-3-2-4-7-14)12-19(28)26-21-25-18-11-10-17(23)16(13-24)20(18)27(21)15-8-5-9-15/h2-4,6-7,10-11,15,19,28-29H,5,8-9,12H2,1H3,(H,25,26)/t19?,22-/m0/s1. The van der Waals surface area contributed by atoms with Crippen LogP contribution >= 0.6 is 11.6 Å². The van der Waals surface area contributed by atoms with Crippen molar-refractivity contribution >= 4 is 28.6 Å². The third-order valence-electron chi connectivity index (χ3n) is 5.64. The molecule has 4 rings (SSSR count). The molecule has 0 aliphatic heterocycles. The minimum atomic E-state index is -1.21. The second kappa shape index (κ2) is 7.68. The number of hydrogen-bond acceptors (Lipinski definition) is 5. The van der Waals surface area contributed by atoms with Crippen molar-refractivity contribution in [1.82, 2.24) is 9.55 Å². The van der Waals surface area contributed by atoms with Crippen LogP contribution in [0.1, 0.15) is 49.8 Å². The van der Waals surface area contributed by atoms with Crippen LogP contribution in [-0.2, 0) is 5.60 Å². The Hall–Kier alpha value is -2.59. The Morgan fingerprint density at radius 2 is 2.03 bits per heavy atom. The minimum Gasteiger partial charge on any atom is -0.385 e. The molecule has 1 fully saturated rings. The number of nitrogens with one attached hydrogen (secondary N) is 1. The zero-order valence-corrected chi connectivity index (χ0v) is 16.9. The van der Waals surface area contributed by atoms with Gasteiger partial charge in [0.1, 0.15) is 12.3 Å². The van der Waals surface area contributed by atoms with Crippen LogP contribution in [0.3, 0.4) is 0 Å². The van der Waals surface area contributed by atoms with Crippen molar-refractivity contribution in [3.8, 4) is 6.07 Å². The highest BCUT2D eigenvalue weighted by Gasteiger charge is 2.30. The predicted octanol–water partition coefficient (Wildman–Crippen LogP) is 4.31. The number of imidazole rings is 1. The molecule has 0 saturated heterocycles. The van der Waals surface area contributed by atoms with Gasteiger partial charge in [0.25, 0.3) is 0 Å². The summed E-state index contributed by atoms with van der Waals surface area (Å²) in [5.41, 5.74) is 1.26. The lowest BCUT2D eigenvalue weighted by molar-refractivity contribution is 0.00781. The highest BCUT2D eigenvalue weighted by molar-refractivity contribution is 6.32.